The van der Waals surface area contributed by atoms with E-state index in [4.69, 9.17) is 11.8 Å². The smallest absolute Gasteiger partial charge is 0.289 e. The van der Waals surface area contributed by atoms with Crippen molar-refractivity contribution in [3.05, 3.63) is 47.8 Å². The third kappa shape index (κ3) is 2.34. The van der Waals surface area contributed by atoms with Crippen molar-refractivity contribution < 1.29 is 4.39 Å². The lowest BCUT2D eigenvalue weighted by atomic mass is 10.1. The van der Waals surface area contributed by atoms with Crippen molar-refractivity contribution in [3.8, 4) is 0 Å². The summed E-state index contributed by atoms with van der Waals surface area (Å²) in [6.07, 6.45) is -0.189. The van der Waals surface area contributed by atoms with Crippen LogP contribution < -0.4 is 4.84 Å². The molecule has 0 aliphatic carbocycles. The molecule has 7 heteroatoms. The number of imidazole rings is 1. The molecule has 0 saturated carbocycles. The second kappa shape index (κ2) is 4.81. The first-order valence-corrected chi connectivity index (χ1v) is 5.97. The summed E-state index contributed by atoms with van der Waals surface area (Å²) in [6, 6.07) is 9.73. The number of rotatable bonds is 3. The zero-order valence-electron chi connectivity index (χ0n) is 9.69. The summed E-state index contributed by atoms with van der Waals surface area (Å²) in [5.74, 6) is 0.836. The summed E-state index contributed by atoms with van der Waals surface area (Å²) >= 11 is 5.58. The van der Waals surface area contributed by atoms with Gasteiger partial charge in [-0.25, -0.2) is 9.97 Å². The van der Waals surface area contributed by atoms with Crippen molar-refractivity contribution in [1.29, 1.82) is 0 Å². The maximum Gasteiger partial charge on any atom is 0.289 e. The number of aromatic nitrogens is 4. The number of fused-ring (bicyclic) bond motifs is 1. The zero-order valence-corrected chi connectivity index (χ0v) is 10.4. The molecule has 0 aliphatic heterocycles. The van der Waals surface area contributed by atoms with E-state index in [1.807, 2.05) is 30.3 Å². The van der Waals surface area contributed by atoms with Crippen LogP contribution >= 0.6 is 11.8 Å². The molecule has 96 valence electrons. The van der Waals surface area contributed by atoms with Crippen LogP contribution in [0.4, 0.5) is 10.2 Å². The molecule has 19 heavy (non-hydrogen) atoms. The van der Waals surface area contributed by atoms with Gasteiger partial charge in [0, 0.05) is 18.2 Å². The summed E-state index contributed by atoms with van der Waals surface area (Å²) in [5, 5.41) is 0. The Balaban J connectivity index is 2.04. The average Bonchev–Trinajstić information content (AvgIpc) is 2.79. The topological polar surface area (TPSA) is 66.5 Å². The van der Waals surface area contributed by atoms with Gasteiger partial charge in [-0.3, -0.25) is 4.84 Å². The maximum absolute atomic E-state index is 13.1. The van der Waals surface area contributed by atoms with Crippen LogP contribution in [0.25, 0.3) is 11.2 Å². The Morgan fingerprint density at radius 2 is 1.95 bits per heavy atom. The van der Waals surface area contributed by atoms with E-state index >= 15 is 0 Å². The second-order valence-electron chi connectivity index (χ2n) is 3.97. The molecule has 3 aromatic rings. The van der Waals surface area contributed by atoms with Crippen LogP contribution in [0.5, 0.6) is 0 Å². The largest absolute Gasteiger partial charge is 0.309 e. The molecular weight excluding hydrogens is 269 g/mol. The number of benzene rings is 1. The van der Waals surface area contributed by atoms with Crippen LogP contribution in [0, 0.1) is 6.08 Å². The minimum atomic E-state index is -0.714. The third-order valence-electron chi connectivity index (χ3n) is 2.66. The molecule has 2 N–H and O–H groups in total. The van der Waals surface area contributed by atoms with Gasteiger partial charge in [0.1, 0.15) is 11.3 Å². The lowest BCUT2D eigenvalue weighted by Crippen LogP contribution is -2.00. The van der Waals surface area contributed by atoms with Gasteiger partial charge < -0.3 is 4.98 Å². The fraction of sp³-hybridized carbons (Fsp3) is 0.0833. The Morgan fingerprint density at radius 3 is 2.68 bits per heavy atom. The number of aromatic amines is 1. The maximum atomic E-state index is 13.1. The van der Waals surface area contributed by atoms with E-state index in [-0.39, 0.29) is 5.65 Å². The first kappa shape index (κ1) is 11.9. The van der Waals surface area contributed by atoms with Gasteiger partial charge in [0.05, 0.1) is 0 Å². The lowest BCUT2D eigenvalue weighted by Gasteiger charge is -2.03. The highest BCUT2D eigenvalue weighted by Gasteiger charge is 2.12. The Morgan fingerprint density at radius 1 is 1.16 bits per heavy atom. The van der Waals surface area contributed by atoms with E-state index in [9.17, 15) is 4.39 Å². The predicted molar refractivity (Wildman–Crippen MR) is 70.4 cm³/mol. The number of hydrogen-bond acceptors (Lipinski definition) is 4. The van der Waals surface area contributed by atoms with Gasteiger partial charge >= 0.3 is 0 Å². The van der Waals surface area contributed by atoms with Crippen molar-refractivity contribution in [2.75, 3.05) is 4.84 Å². The molecule has 0 spiro atoms. The molecule has 1 aromatic carbocycles. The summed E-state index contributed by atoms with van der Waals surface area (Å²) in [6.45, 7) is 0. The fourth-order valence-corrected chi connectivity index (χ4v) is 1.98. The third-order valence-corrected chi connectivity index (χ3v) is 2.84. The van der Waals surface area contributed by atoms with Gasteiger partial charge in [0.2, 0.25) is 0 Å². The SMILES string of the molecule is Fc1nc2nc(Cc3ccccc3)nc(NCl)c2[nH]1. The summed E-state index contributed by atoms with van der Waals surface area (Å²) in [4.78, 5) is 16.9. The Hall–Kier alpha value is -2.21. The zero-order chi connectivity index (χ0) is 13.2. The van der Waals surface area contributed by atoms with E-state index in [1.54, 1.807) is 0 Å². The highest BCUT2D eigenvalue weighted by Crippen LogP contribution is 2.19. The predicted octanol–water partition coefficient (Wildman–Crippen LogP) is 2.65. The van der Waals surface area contributed by atoms with Crippen LogP contribution in [0.2, 0.25) is 0 Å². The number of nitrogens with zero attached hydrogens (tertiary/aromatic N) is 3. The number of H-pyrrole nitrogens is 1. The Kier molecular flexibility index (Phi) is 3.00. The van der Waals surface area contributed by atoms with E-state index in [1.165, 1.54) is 0 Å². The molecular formula is C12H9ClFN5. The summed E-state index contributed by atoms with van der Waals surface area (Å²) in [7, 11) is 0. The minimum absolute atomic E-state index is 0.251. The number of halogens is 2. The molecule has 0 unspecified atom stereocenters. The normalized spacial score (nSPS) is 10.8. The average molecular weight is 278 g/mol. The van der Waals surface area contributed by atoms with Gasteiger partial charge in [0.25, 0.3) is 6.08 Å². The number of nitrogens with one attached hydrogen (secondary N) is 2. The van der Waals surface area contributed by atoms with Crippen LogP contribution in [0.1, 0.15) is 11.4 Å². The molecule has 0 radical (unpaired) electrons. The summed E-state index contributed by atoms with van der Waals surface area (Å²) < 4.78 is 13.1. The molecule has 0 saturated heterocycles. The van der Waals surface area contributed by atoms with Gasteiger partial charge in [-0.05, 0) is 5.56 Å². The second-order valence-corrected chi connectivity index (χ2v) is 4.16. The van der Waals surface area contributed by atoms with Crippen molar-refractivity contribution in [1.82, 2.24) is 19.9 Å². The van der Waals surface area contributed by atoms with Gasteiger partial charge in [-0.1, -0.05) is 30.3 Å². The van der Waals surface area contributed by atoms with E-state index in [0.29, 0.717) is 23.6 Å². The van der Waals surface area contributed by atoms with Crippen LogP contribution in [-0.2, 0) is 6.42 Å². The Labute approximate surface area is 113 Å². The van der Waals surface area contributed by atoms with Crippen LogP contribution in [-0.4, -0.2) is 19.9 Å². The number of anilines is 1. The summed E-state index contributed by atoms with van der Waals surface area (Å²) in [5.41, 5.74) is 1.66. The van der Waals surface area contributed by atoms with E-state index < -0.39 is 6.08 Å². The van der Waals surface area contributed by atoms with Crippen LogP contribution in [0.15, 0.2) is 30.3 Å². The van der Waals surface area contributed by atoms with E-state index in [2.05, 4.69) is 24.8 Å². The molecule has 0 aliphatic rings. The van der Waals surface area contributed by atoms with Crippen LogP contribution in [0.3, 0.4) is 0 Å². The first-order chi connectivity index (χ1) is 9.26. The van der Waals surface area contributed by atoms with Crippen molar-refractivity contribution in [2.45, 2.75) is 6.42 Å². The van der Waals surface area contributed by atoms with Crippen molar-refractivity contribution in [3.63, 3.8) is 0 Å². The quantitative estimate of drug-likeness (QED) is 0.570. The first-order valence-electron chi connectivity index (χ1n) is 5.59. The van der Waals surface area contributed by atoms with E-state index in [0.717, 1.165) is 5.56 Å². The fourth-order valence-electron chi connectivity index (χ4n) is 1.84. The Bertz CT molecular complexity index is 713. The minimum Gasteiger partial charge on any atom is -0.309 e. The molecule has 0 atom stereocenters. The molecule has 2 aromatic heterocycles. The van der Waals surface area contributed by atoms with Gasteiger partial charge in [-0.2, -0.15) is 9.37 Å². The van der Waals surface area contributed by atoms with Gasteiger partial charge in [0.15, 0.2) is 11.5 Å². The molecule has 5 nitrogen and oxygen atoms in total. The van der Waals surface area contributed by atoms with Crippen molar-refractivity contribution >= 4 is 28.8 Å². The highest BCUT2D eigenvalue weighted by atomic mass is 35.5. The molecule has 0 fully saturated rings. The highest BCUT2D eigenvalue weighted by molar-refractivity contribution is 6.25. The molecule has 3 rings (SSSR count). The number of hydrogen-bond donors (Lipinski definition) is 2. The molecule has 0 amide bonds. The molecule has 2 heterocycles. The lowest BCUT2D eigenvalue weighted by molar-refractivity contribution is 0.556. The van der Waals surface area contributed by atoms with Gasteiger partial charge in [-0.15, -0.1) is 0 Å². The monoisotopic (exact) mass is 277 g/mol. The van der Waals surface area contributed by atoms with Crippen molar-refractivity contribution in [2.24, 2.45) is 0 Å². The standard InChI is InChI=1S/C12H9ClFN5/c13-19-11-9-10(18-12(14)17-9)15-8(16-11)6-7-4-2-1-3-5-7/h1-5H,6H2,(H2,15,16,17,18,19). The molecule has 0 bridgehead atoms.